The number of aromatic hydroxyl groups is 1. The van der Waals surface area contributed by atoms with Gasteiger partial charge in [-0.25, -0.2) is 9.97 Å². The lowest BCUT2D eigenvalue weighted by atomic mass is 9.80. The molecule has 4 heteroatoms. The Hall–Kier alpha value is -9.38. The lowest BCUT2D eigenvalue weighted by molar-refractivity contribution is 0.476. The van der Waals surface area contributed by atoms with Crippen LogP contribution in [0.4, 0.5) is 0 Å². The first-order valence-corrected chi connectivity index (χ1v) is 28.8. The number of hydrogen-bond acceptors (Lipinski definition) is 3. The third-order valence-corrected chi connectivity index (χ3v) is 17.1. The molecule has 2 heterocycles. The molecule has 0 bridgehead atoms. The molecule has 12 aromatic rings. The highest BCUT2D eigenvalue weighted by molar-refractivity contribution is 6.10. The number of phenols is 1. The quantitative estimate of drug-likeness (QED) is 0.157. The minimum absolute atomic E-state index is 0.250. The molecule has 1 N–H and O–H groups in total. The zero-order valence-electron chi connectivity index (χ0n) is 48.7. The van der Waals surface area contributed by atoms with Gasteiger partial charge in [-0.1, -0.05) is 192 Å². The average Bonchev–Trinajstić information content (AvgIpc) is 4.03. The van der Waals surface area contributed by atoms with Crippen LogP contribution in [0.15, 0.2) is 194 Å². The first-order valence-electron chi connectivity index (χ1n) is 28.8. The number of rotatable bonds is 9. The van der Waals surface area contributed by atoms with Crippen molar-refractivity contribution in [2.45, 2.75) is 82.1 Å². The van der Waals surface area contributed by atoms with Gasteiger partial charge in [0.25, 0.3) is 0 Å². The maximum atomic E-state index is 11.5. The van der Waals surface area contributed by atoms with Gasteiger partial charge < -0.3 is 5.11 Å². The van der Waals surface area contributed by atoms with Gasteiger partial charge >= 0.3 is 0 Å². The summed E-state index contributed by atoms with van der Waals surface area (Å²) in [7, 11) is 0. The normalized spacial score (nSPS) is 12.0. The van der Waals surface area contributed by atoms with Gasteiger partial charge in [-0.05, 0) is 223 Å². The van der Waals surface area contributed by atoms with E-state index in [9.17, 15) is 5.11 Å². The van der Waals surface area contributed by atoms with Crippen LogP contribution >= 0.6 is 0 Å². The van der Waals surface area contributed by atoms with Crippen molar-refractivity contribution in [2.24, 2.45) is 0 Å². The van der Waals surface area contributed by atoms with Gasteiger partial charge in [0.05, 0.1) is 22.4 Å². The van der Waals surface area contributed by atoms with Gasteiger partial charge in [-0.3, -0.25) is 4.57 Å². The zero-order valence-corrected chi connectivity index (χ0v) is 48.7. The highest BCUT2D eigenvalue weighted by atomic mass is 16.3. The second-order valence-electron chi connectivity index (χ2n) is 23.2. The van der Waals surface area contributed by atoms with Crippen LogP contribution in [0.25, 0.3) is 117 Å². The molecule has 0 atom stereocenters. The molecule has 0 unspecified atom stereocenters. The van der Waals surface area contributed by atoms with Crippen LogP contribution in [0, 0.1) is 69.2 Å². The van der Waals surface area contributed by atoms with Crippen LogP contribution in [0.3, 0.4) is 0 Å². The van der Waals surface area contributed by atoms with Gasteiger partial charge in [0.1, 0.15) is 11.4 Å². The standard InChI is InChI=1S/C78H67N3O/c1-45-37-46(2)43-60(42-45)62-27-17-26-61(55-21-12-11-13-22-55)71(62)58-24-15-25-59(44-58)72-65(74-63(69-51(7)38-47(3)39-52(69)8)28-18-29-64(74)70-53(9)40-48(4)41-54(70)10)34-36-67-76(72)80-78(81(67)77-49(5)19-14-20-50(77)6)66-35-33-57-32-31-56-23-16-30-68(82)73(56)75(57)79-66/h11-30,33-44,82H,31-32H2,1-10H3. The number of phenolic OH excluding ortho intramolecular Hbond substituents is 1. The van der Waals surface area contributed by atoms with Gasteiger partial charge in [-0.15, -0.1) is 0 Å². The van der Waals surface area contributed by atoms with E-state index in [2.05, 4.69) is 256 Å². The number of benzene rings is 10. The predicted molar refractivity (Wildman–Crippen MR) is 344 cm³/mol. The van der Waals surface area contributed by atoms with Crippen molar-refractivity contribution in [1.82, 2.24) is 14.5 Å². The van der Waals surface area contributed by atoms with Crippen LogP contribution < -0.4 is 0 Å². The lowest BCUT2D eigenvalue weighted by Crippen LogP contribution is -2.08. The molecule has 0 fully saturated rings. The lowest BCUT2D eigenvalue weighted by Gasteiger charge is -2.24. The molecule has 0 radical (unpaired) electrons. The van der Waals surface area contributed by atoms with Crippen LogP contribution in [0.2, 0.25) is 0 Å². The molecule has 0 amide bonds. The summed E-state index contributed by atoms with van der Waals surface area (Å²) >= 11 is 0. The van der Waals surface area contributed by atoms with E-state index in [1.54, 1.807) is 6.07 Å². The molecule has 0 spiro atoms. The van der Waals surface area contributed by atoms with Crippen LogP contribution in [-0.4, -0.2) is 19.6 Å². The van der Waals surface area contributed by atoms with E-state index in [0.29, 0.717) is 0 Å². The number of nitrogens with zero attached hydrogens (tertiary/aromatic N) is 3. The Bertz CT molecular complexity index is 4410. The Morgan fingerprint density at radius 3 is 1.49 bits per heavy atom. The summed E-state index contributed by atoms with van der Waals surface area (Å²) in [6.07, 6.45) is 1.69. The summed E-state index contributed by atoms with van der Waals surface area (Å²) in [6, 6.07) is 71.4. The van der Waals surface area contributed by atoms with Gasteiger partial charge in [-0.2, -0.15) is 0 Å². The number of pyridine rings is 1. The number of imidazole rings is 1. The van der Waals surface area contributed by atoms with Crippen LogP contribution in [0.5, 0.6) is 5.75 Å². The van der Waals surface area contributed by atoms with Gasteiger partial charge in [0.2, 0.25) is 0 Å². The van der Waals surface area contributed by atoms with Crippen molar-refractivity contribution in [3.63, 3.8) is 0 Å². The first-order chi connectivity index (χ1) is 39.7. The molecular weight excluding hydrogens is 995 g/mol. The topological polar surface area (TPSA) is 50.9 Å². The van der Waals surface area contributed by atoms with Crippen LogP contribution in [-0.2, 0) is 12.8 Å². The molecule has 0 aliphatic heterocycles. The fourth-order valence-electron chi connectivity index (χ4n) is 14.0. The summed E-state index contributed by atoms with van der Waals surface area (Å²) in [5.41, 5.74) is 35.9. The predicted octanol–water partition coefficient (Wildman–Crippen LogP) is 20.3. The number of aryl methyl sites for hydroxylation is 12. The minimum atomic E-state index is 0.250. The van der Waals surface area contributed by atoms with E-state index in [1.165, 1.54) is 89.0 Å². The maximum absolute atomic E-state index is 11.5. The Morgan fingerprint density at radius 1 is 0.341 bits per heavy atom. The maximum Gasteiger partial charge on any atom is 0.164 e. The second kappa shape index (κ2) is 20.6. The Balaban J connectivity index is 1.19. The third-order valence-electron chi connectivity index (χ3n) is 17.1. The molecule has 10 aromatic carbocycles. The molecule has 1 aliphatic rings. The van der Waals surface area contributed by atoms with E-state index in [0.717, 1.165) is 108 Å². The zero-order chi connectivity index (χ0) is 56.7. The van der Waals surface area contributed by atoms with Crippen LogP contribution in [0.1, 0.15) is 66.8 Å². The number of fused-ring (bicyclic) bond motifs is 4. The molecule has 400 valence electrons. The Labute approximate surface area is 483 Å². The number of hydrogen-bond donors (Lipinski definition) is 1. The highest BCUT2D eigenvalue weighted by Crippen LogP contribution is 2.51. The third kappa shape index (κ3) is 8.94. The van der Waals surface area contributed by atoms with E-state index in [4.69, 9.17) is 9.97 Å². The first kappa shape index (κ1) is 52.0. The largest absolute Gasteiger partial charge is 0.507 e. The molecule has 1 aliphatic carbocycles. The Kier molecular flexibility index (Phi) is 13.1. The van der Waals surface area contributed by atoms with Crippen molar-refractivity contribution in [2.75, 3.05) is 0 Å². The van der Waals surface area contributed by atoms with Gasteiger partial charge in [0.15, 0.2) is 5.82 Å². The average molecular weight is 1060 g/mol. The van der Waals surface area contributed by atoms with Crippen molar-refractivity contribution in [3.05, 3.63) is 261 Å². The van der Waals surface area contributed by atoms with E-state index in [1.807, 2.05) is 6.07 Å². The molecule has 4 nitrogen and oxygen atoms in total. The molecule has 82 heavy (non-hydrogen) atoms. The van der Waals surface area contributed by atoms with E-state index >= 15 is 0 Å². The number of para-hydroxylation sites is 1. The smallest absolute Gasteiger partial charge is 0.164 e. The summed E-state index contributed by atoms with van der Waals surface area (Å²) in [5, 5.41) is 11.5. The Morgan fingerprint density at radius 2 is 0.854 bits per heavy atom. The minimum Gasteiger partial charge on any atom is -0.507 e. The monoisotopic (exact) mass is 1060 g/mol. The molecule has 0 saturated heterocycles. The van der Waals surface area contributed by atoms with E-state index in [-0.39, 0.29) is 5.75 Å². The van der Waals surface area contributed by atoms with Crippen molar-refractivity contribution in [1.29, 1.82) is 0 Å². The fraction of sp³-hybridized carbons (Fsp3) is 0.154. The number of aromatic nitrogens is 3. The van der Waals surface area contributed by atoms with Crippen molar-refractivity contribution < 1.29 is 5.11 Å². The fourth-order valence-corrected chi connectivity index (χ4v) is 14.0. The van der Waals surface area contributed by atoms with Crippen molar-refractivity contribution >= 4 is 11.0 Å². The SMILES string of the molecule is Cc1cc(C)cc(-c2cccc(-c3ccccc3)c2-c2cccc(-c3c(-c4c(-c5c(C)cc(C)cc5C)cccc4-c4c(C)cc(C)cc4C)ccc4c3nc(-c3ccc5c(n3)-c3c(O)cccc3CC5)n4-c3c(C)cccc3C)c2)c1. The summed E-state index contributed by atoms with van der Waals surface area (Å²) in [6.45, 7) is 22.2. The van der Waals surface area contributed by atoms with E-state index < -0.39 is 0 Å². The molecule has 0 saturated carbocycles. The highest BCUT2D eigenvalue weighted by Gasteiger charge is 2.29. The molecule has 2 aromatic heterocycles. The van der Waals surface area contributed by atoms with Crippen molar-refractivity contribution in [3.8, 4) is 112 Å². The molecule has 13 rings (SSSR count). The summed E-state index contributed by atoms with van der Waals surface area (Å²) in [5.74, 6) is 0.989. The summed E-state index contributed by atoms with van der Waals surface area (Å²) < 4.78 is 2.36. The second-order valence-corrected chi connectivity index (χ2v) is 23.2. The summed E-state index contributed by atoms with van der Waals surface area (Å²) in [4.78, 5) is 11.6. The van der Waals surface area contributed by atoms with Gasteiger partial charge in [0, 0.05) is 11.1 Å². The molecular formula is C78H67N3O.